The molecular weight excluding hydrogens is 552 g/mol. The van der Waals surface area contributed by atoms with Gasteiger partial charge in [-0.1, -0.05) is 147 Å². The van der Waals surface area contributed by atoms with Gasteiger partial charge in [0.1, 0.15) is 19.3 Å². The average molecular weight is 621 g/mol. The van der Waals surface area contributed by atoms with Crippen LogP contribution < -0.4 is 0 Å². The highest BCUT2D eigenvalue weighted by Crippen LogP contribution is 2.15. The summed E-state index contributed by atoms with van der Waals surface area (Å²) in [5, 5.41) is 19.8. The number of aliphatic hydroxyl groups excluding tert-OH is 2. The lowest BCUT2D eigenvalue weighted by Gasteiger charge is -2.12. The summed E-state index contributed by atoms with van der Waals surface area (Å²) in [7, 11) is 0. The Bertz CT molecular complexity index is 744. The zero-order valence-corrected chi connectivity index (χ0v) is 28.7. The van der Waals surface area contributed by atoms with E-state index in [1.165, 1.54) is 57.8 Å². The van der Waals surface area contributed by atoms with Crippen molar-refractivity contribution in [3.8, 4) is 0 Å². The second-order valence-electron chi connectivity index (χ2n) is 12.4. The van der Waals surface area contributed by atoms with Crippen LogP contribution in [0.25, 0.3) is 0 Å². The predicted octanol–water partition coefficient (Wildman–Crippen LogP) is 9.72. The maximum atomic E-state index is 11.9. The lowest BCUT2D eigenvalue weighted by molar-refractivity contribution is -0.152. The quantitative estimate of drug-likeness (QED) is 0.0347. The first kappa shape index (κ1) is 42.1. The fourth-order valence-corrected chi connectivity index (χ4v) is 4.86. The lowest BCUT2D eigenvalue weighted by Crippen LogP contribution is -2.25. The van der Waals surface area contributed by atoms with Crippen molar-refractivity contribution in [2.24, 2.45) is 5.92 Å². The molecular formula is C38H68O6. The van der Waals surface area contributed by atoms with Gasteiger partial charge in [-0.15, -0.1) is 0 Å². The topological polar surface area (TPSA) is 93.1 Å². The first-order valence-corrected chi connectivity index (χ1v) is 18.0. The van der Waals surface area contributed by atoms with E-state index in [1.807, 2.05) is 24.3 Å². The molecule has 0 bridgehead atoms. The van der Waals surface area contributed by atoms with Gasteiger partial charge in [-0.05, 0) is 44.4 Å². The van der Waals surface area contributed by atoms with Crippen LogP contribution in [0.1, 0.15) is 162 Å². The number of carbonyl (C=O) groups is 2. The highest BCUT2D eigenvalue weighted by Gasteiger charge is 2.12. The van der Waals surface area contributed by atoms with Crippen LogP contribution in [0.15, 0.2) is 36.5 Å². The van der Waals surface area contributed by atoms with Crippen molar-refractivity contribution < 1.29 is 29.3 Å². The summed E-state index contributed by atoms with van der Waals surface area (Å²) in [5.41, 5.74) is 0. The Morgan fingerprint density at radius 3 is 1.66 bits per heavy atom. The van der Waals surface area contributed by atoms with Crippen LogP contribution in [-0.2, 0) is 19.1 Å². The monoisotopic (exact) mass is 621 g/mol. The smallest absolute Gasteiger partial charge is 0.305 e. The van der Waals surface area contributed by atoms with Gasteiger partial charge in [-0.2, -0.15) is 0 Å². The standard InChI is InChI=1S/C38H68O6/c1-4-6-22-28-35(39)29-24-19-15-11-9-13-17-21-26-31-38(42)44-33-36(40)32-43-37(41)30-25-20-16-12-8-7-10-14-18-23-27-34(3)5-2/h6,15,19,22,24,29,34-36,39-40H,4-5,7-14,16-18,20-21,23,25-28,30-33H2,1-3H3/b19-15+,22-6+,29-24+/t34?,35?,36-/m1/s1. The minimum Gasteiger partial charge on any atom is -0.463 e. The van der Waals surface area contributed by atoms with E-state index in [2.05, 4.69) is 32.9 Å². The molecule has 0 radical (unpaired) electrons. The summed E-state index contributed by atoms with van der Waals surface area (Å²) >= 11 is 0. The van der Waals surface area contributed by atoms with E-state index >= 15 is 0 Å². The number of esters is 2. The number of ether oxygens (including phenoxy) is 2. The summed E-state index contributed by atoms with van der Waals surface area (Å²) in [6, 6.07) is 0. The average Bonchev–Trinajstić information content (AvgIpc) is 3.01. The molecule has 256 valence electrons. The van der Waals surface area contributed by atoms with Crippen LogP contribution in [0.5, 0.6) is 0 Å². The number of hydrogen-bond donors (Lipinski definition) is 2. The summed E-state index contributed by atoms with van der Waals surface area (Å²) in [4.78, 5) is 23.9. The Morgan fingerprint density at radius 2 is 1.14 bits per heavy atom. The third kappa shape index (κ3) is 31.5. The maximum Gasteiger partial charge on any atom is 0.305 e. The van der Waals surface area contributed by atoms with Gasteiger partial charge in [0, 0.05) is 12.8 Å². The van der Waals surface area contributed by atoms with Crippen molar-refractivity contribution in [2.45, 2.75) is 174 Å². The van der Waals surface area contributed by atoms with E-state index in [4.69, 9.17) is 9.47 Å². The molecule has 0 aromatic carbocycles. The molecule has 3 atom stereocenters. The maximum absolute atomic E-state index is 11.9. The fraction of sp³-hybridized carbons (Fsp3) is 0.789. The van der Waals surface area contributed by atoms with Gasteiger partial charge in [0.25, 0.3) is 0 Å². The second kappa shape index (κ2) is 32.5. The second-order valence-corrected chi connectivity index (χ2v) is 12.4. The molecule has 2 unspecified atom stereocenters. The largest absolute Gasteiger partial charge is 0.463 e. The van der Waals surface area contributed by atoms with Gasteiger partial charge in [0.15, 0.2) is 0 Å². The van der Waals surface area contributed by atoms with Gasteiger partial charge >= 0.3 is 11.9 Å². The lowest BCUT2D eigenvalue weighted by atomic mass is 9.99. The first-order chi connectivity index (χ1) is 21.4. The molecule has 0 rings (SSSR count). The molecule has 0 aromatic rings. The molecule has 0 aromatic heterocycles. The SMILES string of the molecule is CC/C=C/CC(O)/C=C/C=C/CCCCCCCC(=O)OC[C@H](O)COC(=O)CCCCCCCCCCCCC(C)CC. The van der Waals surface area contributed by atoms with Crippen LogP contribution in [0.4, 0.5) is 0 Å². The van der Waals surface area contributed by atoms with Crippen LogP contribution >= 0.6 is 0 Å². The van der Waals surface area contributed by atoms with E-state index in [0.717, 1.165) is 70.1 Å². The van der Waals surface area contributed by atoms with E-state index in [1.54, 1.807) is 0 Å². The molecule has 0 amide bonds. The molecule has 2 N–H and O–H groups in total. The van der Waals surface area contributed by atoms with E-state index in [9.17, 15) is 19.8 Å². The van der Waals surface area contributed by atoms with Crippen LogP contribution in [0, 0.1) is 5.92 Å². The first-order valence-electron chi connectivity index (χ1n) is 18.0. The van der Waals surface area contributed by atoms with Crippen molar-refractivity contribution >= 4 is 11.9 Å². The van der Waals surface area contributed by atoms with Gasteiger partial charge in [0.2, 0.25) is 0 Å². The fourth-order valence-electron chi connectivity index (χ4n) is 4.86. The van der Waals surface area contributed by atoms with E-state index < -0.39 is 12.2 Å². The van der Waals surface area contributed by atoms with Crippen LogP contribution in [-0.4, -0.2) is 47.6 Å². The van der Waals surface area contributed by atoms with Crippen molar-refractivity contribution in [3.05, 3.63) is 36.5 Å². The third-order valence-corrected chi connectivity index (χ3v) is 8.01. The highest BCUT2D eigenvalue weighted by atomic mass is 16.6. The molecule has 0 aliphatic heterocycles. The zero-order chi connectivity index (χ0) is 32.5. The summed E-state index contributed by atoms with van der Waals surface area (Å²) < 4.78 is 10.3. The Balaban J connectivity index is 3.53. The molecule has 0 saturated carbocycles. The third-order valence-electron chi connectivity index (χ3n) is 8.01. The minimum absolute atomic E-state index is 0.134. The normalized spacial score (nSPS) is 14.0. The molecule has 0 saturated heterocycles. The van der Waals surface area contributed by atoms with E-state index in [-0.39, 0.29) is 25.2 Å². The summed E-state index contributed by atoms with van der Waals surface area (Å²) in [6.07, 6.45) is 33.8. The van der Waals surface area contributed by atoms with Gasteiger partial charge in [-0.3, -0.25) is 9.59 Å². The van der Waals surface area contributed by atoms with Gasteiger partial charge in [-0.25, -0.2) is 0 Å². The number of unbranched alkanes of at least 4 members (excludes halogenated alkanes) is 14. The number of carbonyl (C=O) groups excluding carboxylic acids is 2. The summed E-state index contributed by atoms with van der Waals surface area (Å²) in [6.45, 7) is 6.42. The highest BCUT2D eigenvalue weighted by molar-refractivity contribution is 5.69. The molecule has 44 heavy (non-hydrogen) atoms. The summed E-state index contributed by atoms with van der Waals surface area (Å²) in [5.74, 6) is 0.255. The number of aliphatic hydroxyl groups is 2. The Morgan fingerprint density at radius 1 is 0.636 bits per heavy atom. The molecule has 6 nitrogen and oxygen atoms in total. The van der Waals surface area contributed by atoms with Gasteiger partial charge < -0.3 is 19.7 Å². The van der Waals surface area contributed by atoms with Crippen molar-refractivity contribution in [3.63, 3.8) is 0 Å². The Hall–Kier alpha value is -1.92. The Labute approximate surface area is 270 Å². The number of allylic oxidation sites excluding steroid dienone is 4. The molecule has 0 aliphatic carbocycles. The van der Waals surface area contributed by atoms with Gasteiger partial charge in [0.05, 0.1) is 6.10 Å². The molecule has 0 spiro atoms. The molecule has 0 heterocycles. The number of hydrogen-bond acceptors (Lipinski definition) is 6. The minimum atomic E-state index is -0.984. The van der Waals surface area contributed by atoms with Crippen LogP contribution in [0.3, 0.4) is 0 Å². The number of rotatable bonds is 31. The van der Waals surface area contributed by atoms with Crippen molar-refractivity contribution in [1.29, 1.82) is 0 Å². The van der Waals surface area contributed by atoms with Crippen LogP contribution in [0.2, 0.25) is 0 Å². The van der Waals surface area contributed by atoms with Crippen molar-refractivity contribution in [1.82, 2.24) is 0 Å². The molecule has 0 aliphatic rings. The molecule has 6 heteroatoms. The van der Waals surface area contributed by atoms with E-state index in [0.29, 0.717) is 19.3 Å². The predicted molar refractivity (Wildman–Crippen MR) is 183 cm³/mol. The Kier molecular flexibility index (Phi) is 31.1. The van der Waals surface area contributed by atoms with Crippen molar-refractivity contribution in [2.75, 3.05) is 13.2 Å². The molecule has 0 fully saturated rings. The zero-order valence-electron chi connectivity index (χ0n) is 28.7.